The monoisotopic (exact) mass is 289 g/mol. The Balaban J connectivity index is 2.86. The Hall–Kier alpha value is -2.05. The van der Waals surface area contributed by atoms with Crippen molar-refractivity contribution in [1.82, 2.24) is 5.32 Å². The highest BCUT2D eigenvalue weighted by molar-refractivity contribution is 5.96. The first-order valence-electron chi connectivity index (χ1n) is 5.83. The number of rotatable bonds is 4. The van der Waals surface area contributed by atoms with E-state index >= 15 is 0 Å². The van der Waals surface area contributed by atoms with Crippen molar-refractivity contribution in [2.75, 3.05) is 0 Å². The average molecular weight is 289 g/mol. The normalized spacial score (nSPS) is 14.4. The largest absolute Gasteiger partial charge is 0.481 e. The zero-order chi connectivity index (χ0) is 15.5. The molecule has 0 aliphatic carbocycles. The molecule has 0 aliphatic heterocycles. The van der Waals surface area contributed by atoms with Gasteiger partial charge in [0.15, 0.2) is 0 Å². The molecule has 1 aromatic carbocycles. The third kappa shape index (κ3) is 3.97. The van der Waals surface area contributed by atoms with Crippen LogP contribution in [0.25, 0.3) is 0 Å². The van der Waals surface area contributed by atoms with Gasteiger partial charge in [0.05, 0.1) is 11.6 Å². The van der Waals surface area contributed by atoms with Crippen LogP contribution in [0.15, 0.2) is 24.3 Å². The second kappa shape index (κ2) is 5.94. The van der Waals surface area contributed by atoms with E-state index in [4.69, 9.17) is 5.11 Å². The number of aliphatic carboxylic acids is 1. The lowest BCUT2D eigenvalue weighted by molar-refractivity contribution is -0.146. The molecule has 0 bridgehead atoms. The van der Waals surface area contributed by atoms with Gasteiger partial charge < -0.3 is 10.4 Å². The molecule has 2 N–H and O–H groups in total. The van der Waals surface area contributed by atoms with Gasteiger partial charge in [-0.2, -0.15) is 13.2 Å². The minimum Gasteiger partial charge on any atom is -0.481 e. The number of carbonyl (C=O) groups is 2. The van der Waals surface area contributed by atoms with Crippen molar-refractivity contribution < 1.29 is 27.9 Å². The van der Waals surface area contributed by atoms with E-state index in [2.05, 4.69) is 5.32 Å². The Morgan fingerprint density at radius 2 is 1.85 bits per heavy atom. The number of hydrogen-bond donors (Lipinski definition) is 2. The molecular formula is C13H14F3NO3. The third-order valence-electron chi connectivity index (χ3n) is 2.84. The molecule has 110 valence electrons. The van der Waals surface area contributed by atoms with Gasteiger partial charge in [0.1, 0.15) is 5.92 Å². The lowest BCUT2D eigenvalue weighted by Gasteiger charge is -2.17. The van der Waals surface area contributed by atoms with Gasteiger partial charge in [-0.15, -0.1) is 0 Å². The maximum atomic E-state index is 12.6. The van der Waals surface area contributed by atoms with Crippen molar-refractivity contribution in [3.8, 4) is 0 Å². The Kier molecular flexibility index (Phi) is 4.75. The van der Waals surface area contributed by atoms with Gasteiger partial charge in [-0.3, -0.25) is 9.59 Å². The predicted octanol–water partition coefficient (Wildman–Crippen LogP) is 2.60. The molecule has 0 aliphatic rings. The van der Waals surface area contributed by atoms with Crippen LogP contribution in [-0.4, -0.2) is 17.0 Å². The molecular weight excluding hydrogens is 275 g/mol. The fourth-order valence-electron chi connectivity index (χ4n) is 1.52. The highest BCUT2D eigenvalue weighted by Crippen LogP contribution is 2.30. The molecule has 0 spiro atoms. The third-order valence-corrected chi connectivity index (χ3v) is 2.84. The van der Waals surface area contributed by atoms with Gasteiger partial charge in [0.25, 0.3) is 0 Å². The smallest absolute Gasteiger partial charge is 0.416 e. The van der Waals surface area contributed by atoms with Crippen LogP contribution in [0, 0.1) is 5.92 Å². The molecule has 0 saturated heterocycles. The first-order valence-corrected chi connectivity index (χ1v) is 5.83. The van der Waals surface area contributed by atoms with Crippen LogP contribution in [0.1, 0.15) is 31.0 Å². The van der Waals surface area contributed by atoms with E-state index in [0.717, 1.165) is 12.1 Å². The highest BCUT2D eigenvalue weighted by atomic mass is 19.4. The molecule has 1 amide bonds. The first kappa shape index (κ1) is 16.0. The lowest BCUT2D eigenvalue weighted by Crippen LogP contribution is -2.35. The van der Waals surface area contributed by atoms with Crippen LogP contribution in [0.4, 0.5) is 13.2 Å². The molecule has 1 rings (SSSR count). The number of carboxylic acids is 1. The molecule has 20 heavy (non-hydrogen) atoms. The van der Waals surface area contributed by atoms with E-state index in [9.17, 15) is 22.8 Å². The Morgan fingerprint density at radius 1 is 1.25 bits per heavy atom. The lowest BCUT2D eigenvalue weighted by atomic mass is 10.0. The SMILES string of the molecule is CC(C(=O)O)C(=O)NC(C)c1cccc(C(F)(F)F)c1. The number of halogens is 3. The van der Waals surface area contributed by atoms with Crippen LogP contribution < -0.4 is 5.32 Å². The maximum Gasteiger partial charge on any atom is 0.416 e. The van der Waals surface area contributed by atoms with Crippen LogP contribution in [0.2, 0.25) is 0 Å². The van der Waals surface area contributed by atoms with E-state index in [1.54, 1.807) is 0 Å². The number of nitrogens with one attached hydrogen (secondary N) is 1. The Labute approximate surface area is 113 Å². The minimum absolute atomic E-state index is 0.255. The summed E-state index contributed by atoms with van der Waals surface area (Å²) in [5, 5.41) is 11.0. The summed E-state index contributed by atoms with van der Waals surface area (Å²) in [7, 11) is 0. The van der Waals surface area contributed by atoms with Crippen LogP contribution in [-0.2, 0) is 15.8 Å². The Bertz CT molecular complexity index is 514. The molecule has 2 atom stereocenters. The van der Waals surface area contributed by atoms with E-state index in [0.29, 0.717) is 0 Å². The highest BCUT2D eigenvalue weighted by Gasteiger charge is 2.31. The summed E-state index contributed by atoms with van der Waals surface area (Å²) in [5.74, 6) is -3.30. The topological polar surface area (TPSA) is 66.4 Å². The average Bonchev–Trinajstić information content (AvgIpc) is 2.36. The van der Waals surface area contributed by atoms with Crippen LogP contribution >= 0.6 is 0 Å². The molecule has 1 aromatic rings. The van der Waals surface area contributed by atoms with Crippen molar-refractivity contribution >= 4 is 11.9 Å². The van der Waals surface area contributed by atoms with Gasteiger partial charge in [0, 0.05) is 0 Å². The standard InChI is InChI=1S/C13H14F3NO3/c1-7(12(19)20)11(18)17-8(2)9-4-3-5-10(6-9)13(14,15)16/h3-8H,1-2H3,(H,17,18)(H,19,20). The summed E-state index contributed by atoms with van der Waals surface area (Å²) in [6, 6.07) is 3.81. The van der Waals surface area contributed by atoms with Crippen LogP contribution in [0.3, 0.4) is 0 Å². The number of benzene rings is 1. The number of carbonyl (C=O) groups excluding carboxylic acids is 1. The zero-order valence-electron chi connectivity index (χ0n) is 10.9. The molecule has 4 nitrogen and oxygen atoms in total. The number of hydrogen-bond acceptors (Lipinski definition) is 2. The summed E-state index contributed by atoms with van der Waals surface area (Å²) in [6.07, 6.45) is -4.46. The van der Waals surface area contributed by atoms with Crippen molar-refractivity contribution in [2.24, 2.45) is 5.92 Å². The summed E-state index contributed by atoms with van der Waals surface area (Å²) in [6.45, 7) is 2.69. The first-order chi connectivity index (χ1) is 9.12. The summed E-state index contributed by atoms with van der Waals surface area (Å²) in [5.41, 5.74) is -0.562. The summed E-state index contributed by atoms with van der Waals surface area (Å²) < 4.78 is 37.7. The number of carboxylic acid groups (broad SMARTS) is 1. The summed E-state index contributed by atoms with van der Waals surface area (Å²) in [4.78, 5) is 22.2. The van der Waals surface area contributed by atoms with E-state index in [1.165, 1.54) is 26.0 Å². The quantitative estimate of drug-likeness (QED) is 0.837. The number of alkyl halides is 3. The van der Waals surface area contributed by atoms with Gasteiger partial charge in [-0.25, -0.2) is 0 Å². The molecule has 0 radical (unpaired) electrons. The second-order valence-corrected chi connectivity index (χ2v) is 4.41. The molecule has 0 aromatic heterocycles. The van der Waals surface area contributed by atoms with E-state index in [1.807, 2.05) is 0 Å². The minimum atomic E-state index is -4.46. The zero-order valence-corrected chi connectivity index (χ0v) is 10.9. The summed E-state index contributed by atoms with van der Waals surface area (Å²) >= 11 is 0. The fourth-order valence-corrected chi connectivity index (χ4v) is 1.52. The second-order valence-electron chi connectivity index (χ2n) is 4.41. The molecule has 0 heterocycles. The van der Waals surface area contributed by atoms with Gasteiger partial charge in [0.2, 0.25) is 5.91 Å². The van der Waals surface area contributed by atoms with Crippen molar-refractivity contribution in [3.63, 3.8) is 0 Å². The Morgan fingerprint density at radius 3 is 2.35 bits per heavy atom. The number of amides is 1. The van der Waals surface area contributed by atoms with E-state index < -0.39 is 35.6 Å². The molecule has 0 saturated carbocycles. The molecule has 2 unspecified atom stereocenters. The van der Waals surface area contributed by atoms with Crippen molar-refractivity contribution in [2.45, 2.75) is 26.1 Å². The van der Waals surface area contributed by atoms with E-state index in [-0.39, 0.29) is 5.56 Å². The molecule has 0 fully saturated rings. The van der Waals surface area contributed by atoms with Gasteiger partial charge in [-0.05, 0) is 31.5 Å². The van der Waals surface area contributed by atoms with Crippen LogP contribution in [0.5, 0.6) is 0 Å². The van der Waals surface area contributed by atoms with Crippen molar-refractivity contribution in [1.29, 1.82) is 0 Å². The molecule has 7 heteroatoms. The maximum absolute atomic E-state index is 12.6. The van der Waals surface area contributed by atoms with Gasteiger partial charge in [-0.1, -0.05) is 12.1 Å². The fraction of sp³-hybridized carbons (Fsp3) is 0.385. The van der Waals surface area contributed by atoms with Gasteiger partial charge >= 0.3 is 12.1 Å². The predicted molar refractivity (Wildman–Crippen MR) is 64.8 cm³/mol. The van der Waals surface area contributed by atoms with Crippen molar-refractivity contribution in [3.05, 3.63) is 35.4 Å².